The highest BCUT2D eigenvalue weighted by molar-refractivity contribution is 7.91. The highest BCUT2D eigenvalue weighted by atomic mass is 32.2. The van der Waals surface area contributed by atoms with E-state index >= 15 is 0 Å². The van der Waals surface area contributed by atoms with E-state index in [4.69, 9.17) is 4.42 Å². The standard InChI is InChI=1S/C28H36N2O4S/c1-30(2,19-12-20-35(32,33)26-17-10-5-11-18-26)22-25-21-29-27(34-25)28(31,23-13-6-3-7-14-23)24-15-8-4-9-16-24/h3,5-7,10-11,13-14,17-18,21,24H,4,8-9,12,15-16,19-20,22H2,1-2H3/t28-/m0/s1. The van der Waals surface area contributed by atoms with Gasteiger partial charge in [0.15, 0.2) is 21.5 Å². The molecule has 0 bridgehead atoms. The number of rotatable bonds is 10. The molecule has 0 saturated heterocycles. The predicted octanol–water partition coefficient (Wildman–Crippen LogP) is 4.30. The molecule has 1 aromatic heterocycles. The molecule has 0 amide bonds. The van der Waals surface area contributed by atoms with Gasteiger partial charge in [-0.2, -0.15) is 0 Å². The van der Waals surface area contributed by atoms with E-state index in [9.17, 15) is 13.5 Å². The Morgan fingerprint density at radius 2 is 1.63 bits per heavy atom. The van der Waals surface area contributed by atoms with E-state index in [0.717, 1.165) is 25.7 Å². The molecule has 0 N–H and O–H groups in total. The molecule has 1 aliphatic rings. The van der Waals surface area contributed by atoms with Crippen molar-refractivity contribution >= 4 is 9.84 Å². The zero-order valence-electron chi connectivity index (χ0n) is 20.7. The summed E-state index contributed by atoms with van der Waals surface area (Å²) in [4.78, 5) is 4.86. The van der Waals surface area contributed by atoms with Crippen LogP contribution in [0, 0.1) is 5.92 Å². The van der Waals surface area contributed by atoms with Gasteiger partial charge in [-0.15, -0.1) is 0 Å². The Morgan fingerprint density at radius 3 is 2.29 bits per heavy atom. The first-order chi connectivity index (χ1) is 16.7. The van der Waals surface area contributed by atoms with Gasteiger partial charge in [-0.05, 0) is 29.2 Å². The molecule has 0 spiro atoms. The normalized spacial score (nSPS) is 17.2. The van der Waals surface area contributed by atoms with Gasteiger partial charge in [-0.1, -0.05) is 80.6 Å². The molecule has 4 rings (SSSR count). The molecule has 0 aliphatic heterocycles. The summed E-state index contributed by atoms with van der Waals surface area (Å²) in [6, 6.07) is 18.1. The van der Waals surface area contributed by atoms with Crippen LogP contribution < -0.4 is 5.11 Å². The molecular formula is C28H36N2O4S. The van der Waals surface area contributed by atoms with Crippen LogP contribution in [0.25, 0.3) is 0 Å². The summed E-state index contributed by atoms with van der Waals surface area (Å²) in [5, 5.41) is 14.4. The van der Waals surface area contributed by atoms with Gasteiger partial charge in [-0.3, -0.25) is 0 Å². The van der Waals surface area contributed by atoms with E-state index in [2.05, 4.69) is 4.98 Å². The fourth-order valence-corrected chi connectivity index (χ4v) is 6.53. The van der Waals surface area contributed by atoms with Crippen LogP contribution in [0.4, 0.5) is 0 Å². The fourth-order valence-electron chi connectivity index (χ4n) is 5.21. The van der Waals surface area contributed by atoms with Crippen LogP contribution >= 0.6 is 0 Å². The molecule has 1 saturated carbocycles. The highest BCUT2D eigenvalue weighted by Crippen LogP contribution is 2.41. The smallest absolute Gasteiger partial charge is 0.188 e. The third-order valence-corrected chi connectivity index (χ3v) is 8.93. The lowest BCUT2D eigenvalue weighted by atomic mass is 9.73. The second-order valence-corrected chi connectivity index (χ2v) is 12.5. The van der Waals surface area contributed by atoms with Gasteiger partial charge in [0.25, 0.3) is 0 Å². The SMILES string of the molecule is C[N+](C)(CCCS(=O)(=O)c1ccccc1)Cc1cnc([C@]([O-])(c2ccccc2)C2CCCCC2)o1. The lowest BCUT2D eigenvalue weighted by Crippen LogP contribution is -2.49. The van der Waals surface area contributed by atoms with Gasteiger partial charge in [-0.25, -0.2) is 13.4 Å². The molecular weight excluding hydrogens is 460 g/mol. The summed E-state index contributed by atoms with van der Waals surface area (Å²) in [7, 11) is 0.783. The van der Waals surface area contributed by atoms with E-state index in [0.29, 0.717) is 40.2 Å². The molecule has 3 aromatic rings. The maximum absolute atomic E-state index is 14.4. The Hall–Kier alpha value is -2.48. The van der Waals surface area contributed by atoms with Crippen molar-refractivity contribution in [1.82, 2.24) is 4.98 Å². The molecule has 188 valence electrons. The van der Waals surface area contributed by atoms with E-state index in [1.165, 1.54) is 6.42 Å². The van der Waals surface area contributed by atoms with Crippen molar-refractivity contribution < 1.29 is 22.4 Å². The molecule has 2 aromatic carbocycles. The van der Waals surface area contributed by atoms with Gasteiger partial charge in [0.05, 0.1) is 37.5 Å². The maximum Gasteiger partial charge on any atom is 0.188 e. The number of sulfone groups is 1. The van der Waals surface area contributed by atoms with Crippen LogP contribution in [-0.4, -0.2) is 44.3 Å². The van der Waals surface area contributed by atoms with Crippen molar-refractivity contribution in [3.63, 3.8) is 0 Å². The van der Waals surface area contributed by atoms with Crippen molar-refractivity contribution in [2.75, 3.05) is 26.4 Å². The van der Waals surface area contributed by atoms with Crippen molar-refractivity contribution in [2.24, 2.45) is 5.92 Å². The van der Waals surface area contributed by atoms with Crippen LogP contribution in [0.1, 0.15) is 55.7 Å². The molecule has 0 unspecified atom stereocenters. The average Bonchev–Trinajstić information content (AvgIpc) is 3.33. The highest BCUT2D eigenvalue weighted by Gasteiger charge is 2.36. The van der Waals surface area contributed by atoms with Gasteiger partial charge < -0.3 is 14.0 Å². The predicted molar refractivity (Wildman–Crippen MR) is 134 cm³/mol. The third-order valence-electron chi connectivity index (χ3n) is 7.12. The molecule has 6 nitrogen and oxygen atoms in total. The first-order valence-electron chi connectivity index (χ1n) is 12.5. The minimum Gasteiger partial charge on any atom is -0.839 e. The summed E-state index contributed by atoms with van der Waals surface area (Å²) >= 11 is 0. The average molecular weight is 497 g/mol. The lowest BCUT2D eigenvalue weighted by Gasteiger charge is -2.46. The first kappa shape index (κ1) is 25.6. The van der Waals surface area contributed by atoms with Crippen molar-refractivity contribution in [1.29, 1.82) is 0 Å². The van der Waals surface area contributed by atoms with Crippen LogP contribution in [-0.2, 0) is 22.0 Å². The monoisotopic (exact) mass is 496 g/mol. The Kier molecular flexibility index (Phi) is 7.79. The largest absolute Gasteiger partial charge is 0.839 e. The van der Waals surface area contributed by atoms with Crippen LogP contribution in [0.2, 0.25) is 0 Å². The Morgan fingerprint density at radius 1 is 1.00 bits per heavy atom. The van der Waals surface area contributed by atoms with Gasteiger partial charge in [0.2, 0.25) is 0 Å². The van der Waals surface area contributed by atoms with Crippen LogP contribution in [0.3, 0.4) is 0 Å². The van der Waals surface area contributed by atoms with Gasteiger partial charge in [0, 0.05) is 6.42 Å². The minimum atomic E-state index is -3.30. The number of benzene rings is 2. The van der Waals surface area contributed by atoms with E-state index in [1.807, 2.05) is 50.5 Å². The molecule has 0 radical (unpaired) electrons. The van der Waals surface area contributed by atoms with Gasteiger partial charge >= 0.3 is 0 Å². The maximum atomic E-state index is 14.4. The quantitative estimate of drug-likeness (QED) is 0.391. The minimum absolute atomic E-state index is 0.0455. The Labute approximate surface area is 209 Å². The summed E-state index contributed by atoms with van der Waals surface area (Å²) in [6.45, 7) is 1.19. The zero-order valence-corrected chi connectivity index (χ0v) is 21.5. The Bertz CT molecular complexity index is 1190. The second kappa shape index (κ2) is 10.6. The number of oxazole rings is 1. The second-order valence-electron chi connectivity index (χ2n) is 10.4. The number of quaternary nitrogens is 1. The first-order valence-corrected chi connectivity index (χ1v) is 14.2. The molecule has 7 heteroatoms. The molecule has 1 fully saturated rings. The lowest BCUT2D eigenvalue weighted by molar-refractivity contribution is -0.904. The number of aromatic nitrogens is 1. The third kappa shape index (κ3) is 6.02. The zero-order chi connectivity index (χ0) is 24.9. The summed E-state index contributed by atoms with van der Waals surface area (Å²) in [5.41, 5.74) is -0.791. The molecule has 1 atom stereocenters. The Balaban J connectivity index is 1.45. The van der Waals surface area contributed by atoms with Crippen LogP contribution in [0.5, 0.6) is 0 Å². The van der Waals surface area contributed by atoms with Crippen LogP contribution in [0.15, 0.2) is 76.2 Å². The van der Waals surface area contributed by atoms with E-state index < -0.39 is 15.4 Å². The van der Waals surface area contributed by atoms with Crippen molar-refractivity contribution in [3.05, 3.63) is 84.1 Å². The summed E-state index contributed by atoms with van der Waals surface area (Å²) in [6.07, 6.45) is 7.26. The fraction of sp³-hybridized carbons (Fsp3) is 0.464. The van der Waals surface area contributed by atoms with E-state index in [1.54, 1.807) is 30.5 Å². The molecule has 1 heterocycles. The number of nitrogens with zero attached hydrogens (tertiary/aromatic N) is 2. The number of hydrogen-bond donors (Lipinski definition) is 0. The van der Waals surface area contributed by atoms with E-state index in [-0.39, 0.29) is 17.6 Å². The van der Waals surface area contributed by atoms with Crippen molar-refractivity contribution in [2.45, 2.75) is 55.6 Å². The molecule has 35 heavy (non-hydrogen) atoms. The summed E-state index contributed by atoms with van der Waals surface area (Å²) < 4.78 is 31.9. The van der Waals surface area contributed by atoms with Crippen molar-refractivity contribution in [3.8, 4) is 0 Å². The topological polar surface area (TPSA) is 83.2 Å². The summed E-state index contributed by atoms with van der Waals surface area (Å²) in [5.74, 6) is 0.954. The molecule has 1 aliphatic carbocycles. The number of hydrogen-bond acceptors (Lipinski definition) is 5. The van der Waals surface area contributed by atoms with Gasteiger partial charge in [0.1, 0.15) is 6.54 Å².